The second kappa shape index (κ2) is 7.70. The monoisotopic (exact) mass is 357 g/mol. The molecule has 2 aromatic heterocycles. The molecule has 0 radical (unpaired) electrons. The maximum atomic E-state index is 12.7. The number of rotatable bonds is 6. The number of hydrogen-bond donors (Lipinski definition) is 3. The van der Waals surface area contributed by atoms with E-state index in [1.54, 1.807) is 25.4 Å². The highest BCUT2D eigenvalue weighted by Gasteiger charge is 2.36. The first-order valence-corrected chi connectivity index (χ1v) is 8.72. The normalized spacial score (nSPS) is 20.1. The van der Waals surface area contributed by atoms with Crippen LogP contribution in [-0.2, 0) is 6.42 Å². The van der Waals surface area contributed by atoms with Crippen LogP contribution in [0.5, 0.6) is 5.88 Å². The summed E-state index contributed by atoms with van der Waals surface area (Å²) in [6.45, 7) is 1.91. The molecule has 2 heterocycles. The molecular weight excluding hydrogens is 334 g/mol. The Hall–Kier alpha value is -2.67. The topological polar surface area (TPSA) is 104 Å². The minimum Gasteiger partial charge on any atom is -0.481 e. The number of pyridine rings is 2. The van der Waals surface area contributed by atoms with Crippen molar-refractivity contribution in [3.63, 3.8) is 0 Å². The molecular formula is C19H23N3O4. The number of carbonyl (C=O) groups is 1. The molecule has 7 heteroatoms. The average molecular weight is 357 g/mol. The molecule has 3 N–H and O–H groups in total. The van der Waals surface area contributed by atoms with Crippen LogP contribution in [-0.4, -0.2) is 34.2 Å². The van der Waals surface area contributed by atoms with Gasteiger partial charge in [-0.25, -0.2) is 4.98 Å². The molecule has 26 heavy (non-hydrogen) atoms. The second-order valence-corrected chi connectivity index (χ2v) is 6.58. The van der Waals surface area contributed by atoms with Crippen molar-refractivity contribution < 1.29 is 14.6 Å². The Labute approximate surface area is 151 Å². The van der Waals surface area contributed by atoms with Crippen molar-refractivity contribution in [2.45, 2.75) is 38.3 Å². The van der Waals surface area contributed by atoms with E-state index in [0.717, 1.165) is 5.56 Å². The number of methoxy groups -OCH3 is 1. The molecule has 7 nitrogen and oxygen atoms in total. The van der Waals surface area contributed by atoms with Gasteiger partial charge in [-0.15, -0.1) is 0 Å². The van der Waals surface area contributed by atoms with E-state index >= 15 is 0 Å². The molecule has 1 saturated carbocycles. The van der Waals surface area contributed by atoms with E-state index in [1.807, 2.05) is 13.0 Å². The summed E-state index contributed by atoms with van der Waals surface area (Å²) in [7, 11) is 1.54. The molecule has 1 atom stereocenters. The lowest BCUT2D eigenvalue weighted by Crippen LogP contribution is -2.41. The van der Waals surface area contributed by atoms with Crippen LogP contribution in [0, 0.1) is 5.92 Å². The Balaban J connectivity index is 1.84. The van der Waals surface area contributed by atoms with Gasteiger partial charge in [-0.05, 0) is 36.8 Å². The molecule has 0 spiro atoms. The molecule has 3 rings (SSSR count). The Bertz CT molecular complexity index is 825. The number of aromatic nitrogens is 2. The lowest BCUT2D eigenvalue weighted by atomic mass is 9.75. The standard InChI is InChI=1S/C19H23N3O4/c1-3-14-6-13(9-16(24)21-14)19(25)22-18(12-7-15(23)8-12)11-4-5-17(26-2)20-10-11/h4-6,9-10,12,15,18,23H,3,7-8H2,1-2H3,(H,21,24)(H,22,25). The molecule has 0 aliphatic heterocycles. The molecule has 138 valence electrons. The van der Waals surface area contributed by atoms with Gasteiger partial charge in [0.1, 0.15) is 0 Å². The van der Waals surface area contributed by atoms with Crippen molar-refractivity contribution in [3.05, 3.63) is 57.6 Å². The number of H-pyrrole nitrogens is 1. The fourth-order valence-corrected chi connectivity index (χ4v) is 3.22. The minimum atomic E-state index is -0.336. The Morgan fingerprint density at radius 2 is 2.19 bits per heavy atom. The lowest BCUT2D eigenvalue weighted by molar-refractivity contribution is 0.0234. The minimum absolute atomic E-state index is 0.122. The third-order valence-corrected chi connectivity index (χ3v) is 4.78. The van der Waals surface area contributed by atoms with E-state index in [-0.39, 0.29) is 29.5 Å². The first kappa shape index (κ1) is 18.1. The Morgan fingerprint density at radius 1 is 1.42 bits per heavy atom. The summed E-state index contributed by atoms with van der Waals surface area (Å²) in [5.74, 6) is 0.305. The molecule has 0 aromatic carbocycles. The fraction of sp³-hybridized carbons (Fsp3) is 0.421. The van der Waals surface area contributed by atoms with Gasteiger partial charge in [0.2, 0.25) is 11.4 Å². The maximum absolute atomic E-state index is 12.7. The zero-order chi connectivity index (χ0) is 18.7. The summed E-state index contributed by atoms with van der Waals surface area (Å²) in [5.41, 5.74) is 1.59. The molecule has 1 amide bonds. The summed E-state index contributed by atoms with van der Waals surface area (Å²) < 4.78 is 5.08. The highest BCUT2D eigenvalue weighted by molar-refractivity contribution is 5.94. The van der Waals surface area contributed by atoms with Crippen LogP contribution in [0.4, 0.5) is 0 Å². The molecule has 1 aliphatic rings. The van der Waals surface area contributed by atoms with Crippen molar-refractivity contribution in [3.8, 4) is 5.88 Å². The number of carbonyl (C=O) groups excluding carboxylic acids is 1. The number of nitrogens with one attached hydrogen (secondary N) is 2. The van der Waals surface area contributed by atoms with Crippen LogP contribution in [0.1, 0.15) is 47.4 Å². The number of aromatic amines is 1. The SMILES string of the molecule is CCc1cc(C(=O)NC(c2ccc(OC)nc2)C2CC(O)C2)cc(=O)[nH]1. The average Bonchev–Trinajstić information content (AvgIpc) is 2.63. The van der Waals surface area contributed by atoms with Crippen LogP contribution >= 0.6 is 0 Å². The van der Waals surface area contributed by atoms with Gasteiger partial charge in [0.05, 0.1) is 19.3 Å². The highest BCUT2D eigenvalue weighted by atomic mass is 16.5. The van der Waals surface area contributed by atoms with Crippen LogP contribution < -0.4 is 15.6 Å². The van der Waals surface area contributed by atoms with Crippen molar-refractivity contribution in [2.24, 2.45) is 5.92 Å². The zero-order valence-corrected chi connectivity index (χ0v) is 14.9. The van der Waals surface area contributed by atoms with E-state index in [1.165, 1.54) is 6.07 Å². The fourth-order valence-electron chi connectivity index (χ4n) is 3.22. The number of amides is 1. The summed E-state index contributed by atoms with van der Waals surface area (Å²) in [4.78, 5) is 31.4. The summed E-state index contributed by atoms with van der Waals surface area (Å²) >= 11 is 0. The van der Waals surface area contributed by atoms with E-state index < -0.39 is 0 Å². The number of nitrogens with zero attached hydrogens (tertiary/aromatic N) is 1. The third-order valence-electron chi connectivity index (χ3n) is 4.78. The molecule has 0 bridgehead atoms. The van der Waals surface area contributed by atoms with Gasteiger partial charge in [0, 0.05) is 29.6 Å². The van der Waals surface area contributed by atoms with Gasteiger partial charge in [-0.2, -0.15) is 0 Å². The lowest BCUT2D eigenvalue weighted by Gasteiger charge is -2.38. The maximum Gasteiger partial charge on any atom is 0.252 e. The van der Waals surface area contributed by atoms with Crippen molar-refractivity contribution in [2.75, 3.05) is 7.11 Å². The van der Waals surface area contributed by atoms with Gasteiger partial charge in [-0.1, -0.05) is 13.0 Å². The first-order chi connectivity index (χ1) is 12.5. The Kier molecular flexibility index (Phi) is 5.37. The van der Waals surface area contributed by atoms with Crippen molar-refractivity contribution >= 4 is 5.91 Å². The summed E-state index contributed by atoms with van der Waals surface area (Å²) in [6, 6.07) is 6.31. The number of aliphatic hydroxyl groups excluding tert-OH is 1. The summed E-state index contributed by atoms with van der Waals surface area (Å²) in [6.07, 6.45) is 3.21. The number of ether oxygens (including phenoxy) is 1. The predicted molar refractivity (Wildman–Crippen MR) is 96.2 cm³/mol. The molecule has 1 aliphatic carbocycles. The van der Waals surface area contributed by atoms with Gasteiger partial charge in [0.25, 0.3) is 5.91 Å². The van der Waals surface area contributed by atoms with Crippen molar-refractivity contribution in [1.29, 1.82) is 0 Å². The predicted octanol–water partition coefficient (Wildman–Crippen LogP) is 1.58. The van der Waals surface area contributed by atoms with Crippen LogP contribution in [0.15, 0.2) is 35.3 Å². The van der Waals surface area contributed by atoms with Gasteiger partial charge >= 0.3 is 0 Å². The van der Waals surface area contributed by atoms with E-state index in [2.05, 4.69) is 15.3 Å². The van der Waals surface area contributed by atoms with Crippen LogP contribution in [0.3, 0.4) is 0 Å². The smallest absolute Gasteiger partial charge is 0.252 e. The second-order valence-electron chi connectivity index (χ2n) is 6.58. The number of aryl methyl sites for hydroxylation is 1. The quantitative estimate of drug-likeness (QED) is 0.728. The summed E-state index contributed by atoms with van der Waals surface area (Å²) in [5, 5.41) is 12.7. The van der Waals surface area contributed by atoms with E-state index in [0.29, 0.717) is 36.4 Å². The Morgan fingerprint density at radius 3 is 2.77 bits per heavy atom. The van der Waals surface area contributed by atoms with Gasteiger partial charge in [0.15, 0.2) is 0 Å². The molecule has 2 aromatic rings. The first-order valence-electron chi connectivity index (χ1n) is 8.72. The van der Waals surface area contributed by atoms with Gasteiger partial charge in [-0.3, -0.25) is 9.59 Å². The molecule has 0 saturated heterocycles. The van der Waals surface area contributed by atoms with Crippen molar-refractivity contribution in [1.82, 2.24) is 15.3 Å². The number of hydrogen-bond acceptors (Lipinski definition) is 5. The van der Waals surface area contributed by atoms with E-state index in [4.69, 9.17) is 4.74 Å². The molecule has 1 fully saturated rings. The van der Waals surface area contributed by atoms with Gasteiger partial charge < -0.3 is 20.1 Å². The largest absolute Gasteiger partial charge is 0.481 e. The zero-order valence-electron chi connectivity index (χ0n) is 14.9. The molecule has 1 unspecified atom stereocenters. The van der Waals surface area contributed by atoms with Crippen LogP contribution in [0.25, 0.3) is 0 Å². The number of aliphatic hydroxyl groups is 1. The van der Waals surface area contributed by atoms with Crippen LogP contribution in [0.2, 0.25) is 0 Å². The third kappa shape index (κ3) is 3.94. The van der Waals surface area contributed by atoms with E-state index in [9.17, 15) is 14.7 Å². The highest BCUT2D eigenvalue weighted by Crippen LogP contribution is 2.38.